The van der Waals surface area contributed by atoms with Crippen molar-refractivity contribution in [3.8, 4) is 22.3 Å². The number of hydrogen-bond acceptors (Lipinski definition) is 2. The summed E-state index contributed by atoms with van der Waals surface area (Å²) in [6.07, 6.45) is 0.509. The van der Waals surface area contributed by atoms with Crippen molar-refractivity contribution in [2.24, 2.45) is 32.9 Å². The van der Waals surface area contributed by atoms with Gasteiger partial charge < -0.3 is 32.7 Å². The van der Waals surface area contributed by atoms with Gasteiger partial charge in [-0.15, -0.1) is 0 Å². The van der Waals surface area contributed by atoms with E-state index in [0.717, 1.165) is 44.8 Å². The number of benzene rings is 4. The SMILES string of the molecule is Cc1ccccc1-c1ccccc1N(CCCN(C(=N)N=C(N)N)c1ccccc1-c1ccccc1C)C(=N)N=C(N)N. The molecule has 0 fully saturated rings. The maximum atomic E-state index is 8.79. The van der Waals surface area contributed by atoms with Crippen LogP contribution in [0.3, 0.4) is 0 Å². The molecule has 0 spiro atoms. The van der Waals surface area contributed by atoms with E-state index in [2.05, 4.69) is 48.1 Å². The predicted molar refractivity (Wildman–Crippen MR) is 180 cm³/mol. The third-order valence-electron chi connectivity index (χ3n) is 7.00. The number of nitrogens with zero attached hydrogens (tertiary/aromatic N) is 4. The number of hydrogen-bond donors (Lipinski definition) is 6. The summed E-state index contributed by atoms with van der Waals surface area (Å²) in [5.74, 6) is -0.585. The lowest BCUT2D eigenvalue weighted by Gasteiger charge is -2.29. The summed E-state index contributed by atoms with van der Waals surface area (Å²) < 4.78 is 0. The molecule has 0 aliphatic rings. The number of para-hydroxylation sites is 2. The molecule has 0 aliphatic carbocycles. The van der Waals surface area contributed by atoms with Crippen LogP contribution in [0.25, 0.3) is 22.3 Å². The zero-order valence-electron chi connectivity index (χ0n) is 24.5. The van der Waals surface area contributed by atoms with Gasteiger partial charge in [0, 0.05) is 24.2 Å². The predicted octanol–water partition coefficient (Wildman–Crippen LogP) is 4.76. The molecule has 10 nitrogen and oxygen atoms in total. The van der Waals surface area contributed by atoms with Crippen LogP contribution in [0.5, 0.6) is 0 Å². The Morgan fingerprint density at radius 3 is 1.21 bits per heavy atom. The quantitative estimate of drug-likeness (QED) is 0.130. The van der Waals surface area contributed by atoms with E-state index in [1.54, 1.807) is 9.80 Å². The second kappa shape index (κ2) is 13.8. The highest BCUT2D eigenvalue weighted by Crippen LogP contribution is 2.35. The summed E-state index contributed by atoms with van der Waals surface area (Å²) in [6.45, 7) is 4.85. The van der Waals surface area contributed by atoms with Gasteiger partial charge in [0.05, 0.1) is 11.4 Å². The molecule has 220 valence electrons. The van der Waals surface area contributed by atoms with Crippen LogP contribution in [-0.2, 0) is 0 Å². The van der Waals surface area contributed by atoms with Crippen molar-refractivity contribution in [1.82, 2.24) is 0 Å². The van der Waals surface area contributed by atoms with Gasteiger partial charge in [0.2, 0.25) is 11.9 Å². The molecule has 0 radical (unpaired) electrons. The molecule has 0 amide bonds. The van der Waals surface area contributed by atoms with Crippen LogP contribution in [0.15, 0.2) is 107 Å². The van der Waals surface area contributed by atoms with Gasteiger partial charge in [-0.1, -0.05) is 84.9 Å². The molecule has 0 saturated carbocycles. The summed E-state index contributed by atoms with van der Waals surface area (Å²) in [6, 6.07) is 31.9. The molecule has 0 aromatic heterocycles. The van der Waals surface area contributed by atoms with E-state index in [4.69, 9.17) is 33.8 Å². The standard InChI is InChI=1S/C33H38N10/c1-22-12-3-5-14-24(22)26-16-7-9-18-28(26)42(32(38)40-30(34)35)20-11-21-43(33(39)41-31(36)37)29-19-10-8-17-27(29)25-15-6-4-13-23(25)2/h3-10,12-19H,11,20-21H2,1-2H3,(H5,34,35,38,40)(H5,36,37,39,41). The zero-order valence-corrected chi connectivity index (χ0v) is 24.5. The van der Waals surface area contributed by atoms with Crippen molar-refractivity contribution in [1.29, 1.82) is 10.8 Å². The zero-order chi connectivity index (χ0) is 30.9. The number of rotatable bonds is 8. The van der Waals surface area contributed by atoms with Crippen LogP contribution in [0, 0.1) is 24.7 Å². The van der Waals surface area contributed by atoms with E-state index in [-0.39, 0.29) is 23.8 Å². The van der Waals surface area contributed by atoms with Crippen LogP contribution >= 0.6 is 0 Å². The molecule has 0 atom stereocenters. The Morgan fingerprint density at radius 2 is 0.860 bits per heavy atom. The van der Waals surface area contributed by atoms with Gasteiger partial charge >= 0.3 is 0 Å². The maximum absolute atomic E-state index is 8.79. The third kappa shape index (κ3) is 7.36. The van der Waals surface area contributed by atoms with Gasteiger partial charge in [-0.2, -0.15) is 9.98 Å². The van der Waals surface area contributed by atoms with Crippen molar-refractivity contribution >= 4 is 35.2 Å². The molecule has 0 aliphatic heterocycles. The highest BCUT2D eigenvalue weighted by molar-refractivity contribution is 6.05. The average molecular weight is 575 g/mol. The molecular formula is C33H38N10. The summed E-state index contributed by atoms with van der Waals surface area (Å²) >= 11 is 0. The molecule has 4 rings (SSSR count). The van der Waals surface area contributed by atoms with Gasteiger partial charge in [-0.25, -0.2) is 0 Å². The minimum absolute atomic E-state index is 0.0906. The fourth-order valence-electron chi connectivity index (χ4n) is 5.06. The molecule has 0 saturated heterocycles. The molecule has 10 N–H and O–H groups in total. The lowest BCUT2D eigenvalue weighted by molar-refractivity contribution is 0.808. The van der Waals surface area contributed by atoms with Crippen molar-refractivity contribution < 1.29 is 0 Å². The molecule has 10 heteroatoms. The van der Waals surface area contributed by atoms with Gasteiger partial charge in [0.25, 0.3) is 0 Å². The number of nitrogens with two attached hydrogens (primary N) is 4. The average Bonchev–Trinajstić information content (AvgIpc) is 2.97. The Balaban J connectivity index is 1.72. The summed E-state index contributed by atoms with van der Waals surface area (Å²) in [4.78, 5) is 11.7. The van der Waals surface area contributed by atoms with E-state index < -0.39 is 0 Å². The van der Waals surface area contributed by atoms with E-state index in [9.17, 15) is 0 Å². The van der Waals surface area contributed by atoms with Crippen LogP contribution in [-0.4, -0.2) is 36.9 Å². The van der Waals surface area contributed by atoms with Crippen molar-refractivity contribution in [2.75, 3.05) is 22.9 Å². The summed E-state index contributed by atoms with van der Waals surface area (Å²) in [7, 11) is 0. The summed E-state index contributed by atoms with van der Waals surface area (Å²) in [5.41, 5.74) is 30.5. The van der Waals surface area contributed by atoms with E-state index >= 15 is 0 Å². The molecular weight excluding hydrogens is 536 g/mol. The lowest BCUT2D eigenvalue weighted by atomic mass is 9.98. The number of aryl methyl sites for hydroxylation is 2. The number of aliphatic imine (C=N–C) groups is 2. The first-order chi connectivity index (χ1) is 20.7. The minimum atomic E-state index is -0.202. The van der Waals surface area contributed by atoms with Crippen LogP contribution in [0.2, 0.25) is 0 Å². The van der Waals surface area contributed by atoms with E-state index in [1.165, 1.54) is 0 Å². The molecule has 0 heterocycles. The first kappa shape index (κ1) is 30.3. The third-order valence-corrected chi connectivity index (χ3v) is 7.00. The lowest BCUT2D eigenvalue weighted by Crippen LogP contribution is -2.38. The molecule has 43 heavy (non-hydrogen) atoms. The Bertz CT molecular complexity index is 1540. The highest BCUT2D eigenvalue weighted by Gasteiger charge is 2.21. The normalized spacial score (nSPS) is 10.5. The molecule has 0 unspecified atom stereocenters. The smallest absolute Gasteiger partial charge is 0.225 e. The van der Waals surface area contributed by atoms with Crippen LogP contribution in [0.1, 0.15) is 17.5 Å². The molecule has 0 bridgehead atoms. The van der Waals surface area contributed by atoms with Gasteiger partial charge in [0.1, 0.15) is 0 Å². The van der Waals surface area contributed by atoms with Gasteiger partial charge in [-0.05, 0) is 54.7 Å². The first-order valence-corrected chi connectivity index (χ1v) is 13.9. The van der Waals surface area contributed by atoms with Crippen molar-refractivity contribution in [3.05, 3.63) is 108 Å². The van der Waals surface area contributed by atoms with Crippen LogP contribution in [0.4, 0.5) is 11.4 Å². The Labute approximate surface area is 252 Å². The minimum Gasteiger partial charge on any atom is -0.370 e. The monoisotopic (exact) mass is 574 g/mol. The maximum Gasteiger partial charge on any atom is 0.225 e. The van der Waals surface area contributed by atoms with Crippen LogP contribution < -0.4 is 32.7 Å². The number of nitrogens with one attached hydrogen (secondary N) is 2. The van der Waals surface area contributed by atoms with Gasteiger partial charge in [0.15, 0.2) is 11.9 Å². The second-order valence-electron chi connectivity index (χ2n) is 10.0. The molecule has 4 aromatic carbocycles. The first-order valence-electron chi connectivity index (χ1n) is 13.9. The van der Waals surface area contributed by atoms with Gasteiger partial charge in [-0.3, -0.25) is 10.8 Å². The topological polar surface area (TPSA) is 183 Å². The molecule has 4 aromatic rings. The largest absolute Gasteiger partial charge is 0.370 e. The highest BCUT2D eigenvalue weighted by atomic mass is 15.3. The Hall–Kier alpha value is -5.64. The summed E-state index contributed by atoms with van der Waals surface area (Å²) in [5, 5.41) is 17.6. The Morgan fingerprint density at radius 1 is 0.535 bits per heavy atom. The Kier molecular flexibility index (Phi) is 9.74. The fraction of sp³-hybridized carbons (Fsp3) is 0.152. The van der Waals surface area contributed by atoms with E-state index in [0.29, 0.717) is 19.5 Å². The number of guanidine groups is 4. The fourth-order valence-corrected chi connectivity index (χ4v) is 5.06. The van der Waals surface area contributed by atoms with Crippen molar-refractivity contribution in [2.45, 2.75) is 20.3 Å². The van der Waals surface area contributed by atoms with E-state index in [1.807, 2.05) is 72.8 Å². The second-order valence-corrected chi connectivity index (χ2v) is 10.0. The van der Waals surface area contributed by atoms with Crippen molar-refractivity contribution in [3.63, 3.8) is 0 Å². The number of anilines is 2.